The van der Waals surface area contributed by atoms with Gasteiger partial charge in [0.05, 0.1) is 16.7 Å². The average molecular weight is 349 g/mol. The molecule has 7 heteroatoms. The van der Waals surface area contributed by atoms with E-state index in [9.17, 15) is 8.78 Å². The number of pyridine rings is 1. The van der Waals surface area contributed by atoms with Crippen molar-refractivity contribution in [3.8, 4) is 5.75 Å². The van der Waals surface area contributed by atoms with Crippen molar-refractivity contribution in [1.82, 2.24) is 15.0 Å². The lowest BCUT2D eigenvalue weighted by atomic mass is 10.1. The van der Waals surface area contributed by atoms with Crippen molar-refractivity contribution in [1.29, 1.82) is 0 Å². The highest BCUT2D eigenvalue weighted by Gasteiger charge is 2.16. The highest BCUT2D eigenvalue weighted by atomic mass is 32.2. The molecule has 24 heavy (non-hydrogen) atoms. The predicted molar refractivity (Wildman–Crippen MR) is 90.7 cm³/mol. The Bertz CT molecular complexity index is 880. The number of hydrogen-bond acceptors (Lipinski definition) is 4. The number of aryl methyl sites for hydroxylation is 3. The van der Waals surface area contributed by atoms with Crippen molar-refractivity contribution in [2.75, 3.05) is 0 Å². The van der Waals surface area contributed by atoms with E-state index in [1.165, 1.54) is 11.8 Å². The maximum absolute atomic E-state index is 12.6. The molecule has 2 heterocycles. The molecule has 0 aliphatic rings. The number of alkyl halides is 2. The summed E-state index contributed by atoms with van der Waals surface area (Å²) >= 11 is 1.53. The van der Waals surface area contributed by atoms with Crippen LogP contribution in [0.1, 0.15) is 22.4 Å². The lowest BCUT2D eigenvalue weighted by Crippen LogP contribution is -2.05. The smallest absolute Gasteiger partial charge is 0.387 e. The van der Waals surface area contributed by atoms with Crippen LogP contribution in [-0.4, -0.2) is 21.6 Å². The molecule has 0 bridgehead atoms. The summed E-state index contributed by atoms with van der Waals surface area (Å²) in [5.74, 6) is 0.881. The Morgan fingerprint density at radius 1 is 1.25 bits per heavy atom. The number of aromatic amines is 1. The summed E-state index contributed by atoms with van der Waals surface area (Å²) in [5.41, 5.74) is 4.85. The van der Waals surface area contributed by atoms with Gasteiger partial charge in [0, 0.05) is 17.5 Å². The molecule has 0 unspecified atom stereocenters. The Labute approximate surface area is 142 Å². The van der Waals surface area contributed by atoms with E-state index in [2.05, 4.69) is 19.7 Å². The van der Waals surface area contributed by atoms with Crippen molar-refractivity contribution < 1.29 is 13.5 Å². The molecule has 1 N–H and O–H groups in total. The van der Waals surface area contributed by atoms with E-state index in [0.29, 0.717) is 22.4 Å². The molecule has 0 fully saturated rings. The Hall–Kier alpha value is -2.15. The Kier molecular flexibility index (Phi) is 4.71. The minimum Gasteiger partial charge on any atom is -0.434 e. The number of rotatable bonds is 5. The number of nitrogens with one attached hydrogen (secondary N) is 1. The molecule has 2 aromatic heterocycles. The van der Waals surface area contributed by atoms with Crippen LogP contribution in [0.2, 0.25) is 0 Å². The van der Waals surface area contributed by atoms with Gasteiger partial charge in [-0.2, -0.15) is 8.78 Å². The summed E-state index contributed by atoms with van der Waals surface area (Å²) in [6.45, 7) is 2.66. The normalized spacial score (nSPS) is 11.4. The molecule has 0 saturated heterocycles. The van der Waals surface area contributed by atoms with Gasteiger partial charge in [0.2, 0.25) is 0 Å². The fourth-order valence-electron chi connectivity index (χ4n) is 2.58. The second-order valence-corrected chi connectivity index (χ2v) is 6.48. The number of aromatic nitrogens is 3. The maximum Gasteiger partial charge on any atom is 0.387 e. The van der Waals surface area contributed by atoms with Gasteiger partial charge in [0.15, 0.2) is 5.16 Å². The first-order valence-electron chi connectivity index (χ1n) is 7.43. The van der Waals surface area contributed by atoms with Gasteiger partial charge in [-0.1, -0.05) is 17.8 Å². The number of nitrogens with zero attached hydrogens (tertiary/aromatic N) is 2. The zero-order valence-corrected chi connectivity index (χ0v) is 14.4. The Balaban J connectivity index is 1.88. The van der Waals surface area contributed by atoms with Crippen molar-refractivity contribution in [3.63, 3.8) is 0 Å². The van der Waals surface area contributed by atoms with E-state index >= 15 is 0 Å². The first kappa shape index (κ1) is 16.7. The van der Waals surface area contributed by atoms with Crippen molar-refractivity contribution >= 4 is 22.8 Å². The number of thioether (sulfide) groups is 1. The first-order valence-corrected chi connectivity index (χ1v) is 8.42. The van der Waals surface area contributed by atoms with E-state index in [1.54, 1.807) is 26.1 Å². The van der Waals surface area contributed by atoms with Crippen molar-refractivity contribution in [2.24, 2.45) is 0 Å². The second kappa shape index (κ2) is 6.76. The Morgan fingerprint density at radius 2 is 2.04 bits per heavy atom. The number of ether oxygens (including phenoxy) is 1. The molecule has 0 spiro atoms. The summed E-state index contributed by atoms with van der Waals surface area (Å²) in [6, 6.07) is 5.70. The average Bonchev–Trinajstić information content (AvgIpc) is 2.93. The zero-order chi connectivity index (χ0) is 17.3. The number of fused-ring (bicyclic) bond motifs is 1. The monoisotopic (exact) mass is 349 g/mol. The summed E-state index contributed by atoms with van der Waals surface area (Å²) in [6.07, 6.45) is 1.77. The largest absolute Gasteiger partial charge is 0.434 e. The molecule has 0 aliphatic carbocycles. The third-order valence-electron chi connectivity index (χ3n) is 3.80. The highest BCUT2D eigenvalue weighted by molar-refractivity contribution is 7.98. The van der Waals surface area contributed by atoms with Crippen LogP contribution in [0.15, 0.2) is 29.6 Å². The minimum absolute atomic E-state index is 0.195. The van der Waals surface area contributed by atoms with Crippen LogP contribution >= 0.6 is 11.8 Å². The molecule has 126 valence electrons. The number of halogens is 2. The minimum atomic E-state index is -2.85. The third kappa shape index (κ3) is 3.36. The molecule has 0 atom stereocenters. The predicted octanol–water partition coefficient (Wildman–Crippen LogP) is 4.78. The first-order chi connectivity index (χ1) is 11.5. The lowest BCUT2D eigenvalue weighted by Gasteiger charge is -2.11. The van der Waals surface area contributed by atoms with Gasteiger partial charge < -0.3 is 9.72 Å². The van der Waals surface area contributed by atoms with Crippen molar-refractivity contribution in [2.45, 2.75) is 38.3 Å². The SMILES string of the molecule is Cc1cccnc1CSc1nc2c(C)c(OC(F)F)c(C)cc2[nH]1. The van der Waals surface area contributed by atoms with Crippen LogP contribution in [0.25, 0.3) is 11.0 Å². The van der Waals surface area contributed by atoms with Crippen LogP contribution in [0.5, 0.6) is 5.75 Å². The number of benzene rings is 1. The fraction of sp³-hybridized carbons (Fsp3) is 0.294. The Morgan fingerprint density at radius 3 is 2.75 bits per heavy atom. The van der Waals surface area contributed by atoms with E-state index in [1.807, 2.05) is 19.1 Å². The molecule has 0 saturated carbocycles. The molecule has 0 radical (unpaired) electrons. The van der Waals surface area contributed by atoms with E-state index < -0.39 is 6.61 Å². The van der Waals surface area contributed by atoms with E-state index in [0.717, 1.165) is 21.9 Å². The molecule has 3 rings (SSSR count). The van der Waals surface area contributed by atoms with E-state index in [4.69, 9.17) is 0 Å². The third-order valence-corrected chi connectivity index (χ3v) is 4.68. The highest BCUT2D eigenvalue weighted by Crippen LogP contribution is 2.33. The molecule has 0 aliphatic heterocycles. The summed E-state index contributed by atoms with van der Waals surface area (Å²) in [5, 5.41) is 0.728. The van der Waals surface area contributed by atoms with Crippen LogP contribution in [-0.2, 0) is 5.75 Å². The summed E-state index contributed by atoms with van der Waals surface area (Å²) < 4.78 is 29.8. The standard InChI is InChI=1S/C17H17F2N3OS/c1-9-5-4-6-20-13(9)8-24-17-21-12-7-10(2)15(23-16(18)19)11(3)14(12)22-17/h4-7,16H,8H2,1-3H3,(H,21,22). The lowest BCUT2D eigenvalue weighted by molar-refractivity contribution is -0.0506. The number of H-pyrrole nitrogens is 1. The maximum atomic E-state index is 12.6. The van der Waals surface area contributed by atoms with Gasteiger partial charge in [-0.05, 0) is 44.0 Å². The number of hydrogen-bond donors (Lipinski definition) is 1. The van der Waals surface area contributed by atoms with Gasteiger partial charge in [0.25, 0.3) is 0 Å². The zero-order valence-electron chi connectivity index (χ0n) is 13.6. The van der Waals surface area contributed by atoms with Crippen LogP contribution < -0.4 is 4.74 Å². The number of imidazole rings is 1. The quantitative estimate of drug-likeness (QED) is 0.674. The topological polar surface area (TPSA) is 50.8 Å². The molecule has 0 amide bonds. The molecule has 3 aromatic rings. The van der Waals surface area contributed by atoms with Gasteiger partial charge in [0.1, 0.15) is 5.75 Å². The van der Waals surface area contributed by atoms with Crippen LogP contribution in [0.4, 0.5) is 8.78 Å². The fourth-order valence-corrected chi connectivity index (χ4v) is 3.50. The molecule has 4 nitrogen and oxygen atoms in total. The van der Waals surface area contributed by atoms with Crippen LogP contribution in [0, 0.1) is 20.8 Å². The van der Waals surface area contributed by atoms with Gasteiger partial charge in [-0.25, -0.2) is 4.98 Å². The van der Waals surface area contributed by atoms with Gasteiger partial charge in [-0.3, -0.25) is 4.98 Å². The van der Waals surface area contributed by atoms with Gasteiger partial charge >= 0.3 is 6.61 Å². The van der Waals surface area contributed by atoms with Crippen LogP contribution in [0.3, 0.4) is 0 Å². The molecular formula is C17H17F2N3OS. The van der Waals surface area contributed by atoms with Gasteiger partial charge in [-0.15, -0.1) is 0 Å². The molecular weight excluding hydrogens is 332 g/mol. The second-order valence-electron chi connectivity index (χ2n) is 5.52. The summed E-state index contributed by atoms with van der Waals surface area (Å²) in [4.78, 5) is 12.1. The summed E-state index contributed by atoms with van der Waals surface area (Å²) in [7, 11) is 0. The van der Waals surface area contributed by atoms with Crippen molar-refractivity contribution in [3.05, 3.63) is 46.8 Å². The molecule has 1 aromatic carbocycles. The van der Waals surface area contributed by atoms with E-state index in [-0.39, 0.29) is 5.75 Å².